The van der Waals surface area contributed by atoms with Crippen LogP contribution in [-0.2, 0) is 9.53 Å². The molecule has 0 saturated carbocycles. The molecule has 3 heteroatoms. The lowest BCUT2D eigenvalue weighted by molar-refractivity contribution is -0.155. The van der Waals surface area contributed by atoms with E-state index < -0.39 is 5.60 Å². The molecule has 2 unspecified atom stereocenters. The number of amides is 1. The molecule has 88 valence electrons. The Bertz CT molecular complexity index is 238. The van der Waals surface area contributed by atoms with Crippen LogP contribution >= 0.6 is 0 Å². The molecule has 1 amide bonds. The standard InChI is InChI=1S/C12H23NO2/c1-9-6-7-10(2)13(8-9)11(14)12(3,4)15-5/h9-10H,6-8H2,1-5H3. The van der Waals surface area contributed by atoms with Gasteiger partial charge in [0.25, 0.3) is 5.91 Å². The number of carbonyl (C=O) groups is 1. The normalized spacial score (nSPS) is 27.9. The first-order valence-electron chi connectivity index (χ1n) is 5.74. The van der Waals surface area contributed by atoms with E-state index in [4.69, 9.17) is 4.74 Å². The third-order valence-electron chi connectivity index (χ3n) is 3.40. The van der Waals surface area contributed by atoms with Gasteiger partial charge in [0.2, 0.25) is 0 Å². The van der Waals surface area contributed by atoms with Gasteiger partial charge in [-0.2, -0.15) is 0 Å². The van der Waals surface area contributed by atoms with Crippen molar-refractivity contribution in [3.05, 3.63) is 0 Å². The minimum Gasteiger partial charge on any atom is -0.369 e. The SMILES string of the molecule is COC(C)(C)C(=O)N1CC(C)CCC1C. The number of carbonyl (C=O) groups excluding carboxylic acids is 1. The number of hydrogen-bond acceptors (Lipinski definition) is 2. The van der Waals surface area contributed by atoms with Crippen LogP contribution < -0.4 is 0 Å². The van der Waals surface area contributed by atoms with Gasteiger partial charge >= 0.3 is 0 Å². The van der Waals surface area contributed by atoms with Crippen molar-refractivity contribution >= 4 is 5.91 Å². The quantitative estimate of drug-likeness (QED) is 0.702. The summed E-state index contributed by atoms with van der Waals surface area (Å²) in [6.07, 6.45) is 2.32. The summed E-state index contributed by atoms with van der Waals surface area (Å²) in [5.41, 5.74) is -0.689. The summed E-state index contributed by atoms with van der Waals surface area (Å²) < 4.78 is 5.25. The molecule has 1 heterocycles. The van der Waals surface area contributed by atoms with Gasteiger partial charge in [0.1, 0.15) is 5.60 Å². The van der Waals surface area contributed by atoms with Crippen LogP contribution in [0.4, 0.5) is 0 Å². The van der Waals surface area contributed by atoms with Gasteiger partial charge in [-0.3, -0.25) is 4.79 Å². The van der Waals surface area contributed by atoms with Crippen LogP contribution in [0.15, 0.2) is 0 Å². The molecule has 0 aliphatic carbocycles. The zero-order chi connectivity index (χ0) is 11.6. The Labute approximate surface area is 92.8 Å². The Balaban J connectivity index is 2.73. The van der Waals surface area contributed by atoms with Crippen molar-refractivity contribution in [1.29, 1.82) is 0 Å². The Kier molecular flexibility index (Phi) is 3.77. The molecule has 0 aromatic heterocycles. The summed E-state index contributed by atoms with van der Waals surface area (Å²) in [7, 11) is 1.59. The summed E-state index contributed by atoms with van der Waals surface area (Å²) in [5.74, 6) is 0.724. The maximum Gasteiger partial charge on any atom is 0.254 e. The van der Waals surface area contributed by atoms with E-state index in [1.54, 1.807) is 7.11 Å². The van der Waals surface area contributed by atoms with Crippen LogP contribution in [0.25, 0.3) is 0 Å². The molecule has 3 nitrogen and oxygen atoms in total. The first-order chi connectivity index (χ1) is 6.88. The van der Waals surface area contributed by atoms with Crippen molar-refractivity contribution in [2.75, 3.05) is 13.7 Å². The van der Waals surface area contributed by atoms with E-state index in [0.29, 0.717) is 12.0 Å². The van der Waals surface area contributed by atoms with Gasteiger partial charge in [-0.25, -0.2) is 0 Å². The van der Waals surface area contributed by atoms with Crippen LogP contribution in [0.3, 0.4) is 0 Å². The van der Waals surface area contributed by atoms with E-state index in [1.807, 2.05) is 18.7 Å². The van der Waals surface area contributed by atoms with Gasteiger partial charge in [-0.05, 0) is 39.5 Å². The number of hydrogen-bond donors (Lipinski definition) is 0. The summed E-state index contributed by atoms with van der Waals surface area (Å²) in [6.45, 7) is 8.86. The fourth-order valence-corrected chi connectivity index (χ4v) is 2.00. The molecule has 0 bridgehead atoms. The van der Waals surface area contributed by atoms with Crippen LogP contribution in [-0.4, -0.2) is 36.1 Å². The Morgan fingerprint density at radius 2 is 1.93 bits per heavy atom. The fourth-order valence-electron chi connectivity index (χ4n) is 2.00. The number of ether oxygens (including phenoxy) is 1. The second-order valence-corrected chi connectivity index (χ2v) is 5.20. The van der Waals surface area contributed by atoms with E-state index in [-0.39, 0.29) is 5.91 Å². The lowest BCUT2D eigenvalue weighted by atomic mass is 9.93. The highest BCUT2D eigenvalue weighted by Crippen LogP contribution is 2.24. The van der Waals surface area contributed by atoms with Gasteiger partial charge in [0.05, 0.1) is 0 Å². The monoisotopic (exact) mass is 213 g/mol. The summed E-state index contributed by atoms with van der Waals surface area (Å²) in [4.78, 5) is 14.2. The largest absolute Gasteiger partial charge is 0.369 e. The lowest BCUT2D eigenvalue weighted by Gasteiger charge is -2.40. The summed E-state index contributed by atoms with van der Waals surface area (Å²) >= 11 is 0. The summed E-state index contributed by atoms with van der Waals surface area (Å²) in [6, 6.07) is 0.350. The highest BCUT2D eigenvalue weighted by atomic mass is 16.5. The number of rotatable bonds is 2. The maximum absolute atomic E-state index is 12.2. The Morgan fingerprint density at radius 1 is 1.33 bits per heavy atom. The molecular formula is C12H23NO2. The fraction of sp³-hybridized carbons (Fsp3) is 0.917. The maximum atomic E-state index is 12.2. The first-order valence-corrected chi connectivity index (χ1v) is 5.74. The second-order valence-electron chi connectivity index (χ2n) is 5.20. The average Bonchev–Trinajstić information content (AvgIpc) is 2.20. The van der Waals surface area contributed by atoms with E-state index in [2.05, 4.69) is 13.8 Å². The molecule has 1 rings (SSSR count). The lowest BCUT2D eigenvalue weighted by Crippen LogP contribution is -2.53. The number of piperidine rings is 1. The Hall–Kier alpha value is -0.570. The zero-order valence-corrected chi connectivity index (χ0v) is 10.5. The van der Waals surface area contributed by atoms with Crippen molar-refractivity contribution < 1.29 is 9.53 Å². The van der Waals surface area contributed by atoms with Crippen molar-refractivity contribution in [2.24, 2.45) is 5.92 Å². The molecule has 1 saturated heterocycles. The third kappa shape index (κ3) is 2.71. The van der Waals surface area contributed by atoms with Crippen LogP contribution in [0.2, 0.25) is 0 Å². The Morgan fingerprint density at radius 3 is 2.47 bits per heavy atom. The van der Waals surface area contributed by atoms with Gasteiger partial charge in [-0.1, -0.05) is 6.92 Å². The van der Waals surface area contributed by atoms with Crippen molar-refractivity contribution in [3.8, 4) is 0 Å². The predicted octanol–water partition coefficient (Wildman–Crippen LogP) is 2.06. The molecule has 1 fully saturated rings. The molecule has 0 N–H and O–H groups in total. The molecule has 1 aliphatic rings. The summed E-state index contributed by atoms with van der Waals surface area (Å²) in [5, 5.41) is 0. The highest BCUT2D eigenvalue weighted by Gasteiger charge is 2.36. The highest BCUT2D eigenvalue weighted by molar-refractivity contribution is 5.84. The minimum absolute atomic E-state index is 0.115. The number of methoxy groups -OCH3 is 1. The van der Waals surface area contributed by atoms with E-state index in [1.165, 1.54) is 6.42 Å². The van der Waals surface area contributed by atoms with Crippen LogP contribution in [0.1, 0.15) is 40.5 Å². The van der Waals surface area contributed by atoms with Gasteiger partial charge < -0.3 is 9.64 Å². The van der Waals surface area contributed by atoms with Crippen molar-refractivity contribution in [1.82, 2.24) is 4.90 Å². The molecule has 0 spiro atoms. The number of nitrogens with zero attached hydrogens (tertiary/aromatic N) is 1. The molecule has 0 radical (unpaired) electrons. The predicted molar refractivity (Wildman–Crippen MR) is 60.7 cm³/mol. The van der Waals surface area contributed by atoms with E-state index in [0.717, 1.165) is 13.0 Å². The van der Waals surface area contributed by atoms with Gasteiger partial charge in [-0.15, -0.1) is 0 Å². The first kappa shape index (κ1) is 12.5. The van der Waals surface area contributed by atoms with Crippen LogP contribution in [0.5, 0.6) is 0 Å². The topological polar surface area (TPSA) is 29.5 Å². The second kappa shape index (κ2) is 4.52. The number of likely N-dealkylation sites (tertiary alicyclic amines) is 1. The van der Waals surface area contributed by atoms with Crippen LogP contribution in [0, 0.1) is 5.92 Å². The molecule has 0 aromatic rings. The smallest absolute Gasteiger partial charge is 0.254 e. The van der Waals surface area contributed by atoms with Crippen molar-refractivity contribution in [2.45, 2.75) is 52.2 Å². The zero-order valence-electron chi connectivity index (χ0n) is 10.5. The molecule has 2 atom stereocenters. The van der Waals surface area contributed by atoms with Crippen molar-refractivity contribution in [3.63, 3.8) is 0 Å². The minimum atomic E-state index is -0.689. The average molecular weight is 213 g/mol. The molecule has 15 heavy (non-hydrogen) atoms. The van der Waals surface area contributed by atoms with E-state index >= 15 is 0 Å². The van der Waals surface area contributed by atoms with E-state index in [9.17, 15) is 4.79 Å². The molecule has 0 aromatic carbocycles. The van der Waals surface area contributed by atoms with Gasteiger partial charge in [0.15, 0.2) is 0 Å². The van der Waals surface area contributed by atoms with Gasteiger partial charge in [0, 0.05) is 19.7 Å². The molecular weight excluding hydrogens is 190 g/mol. The third-order valence-corrected chi connectivity index (χ3v) is 3.40. The molecule has 1 aliphatic heterocycles.